The predicted octanol–water partition coefficient (Wildman–Crippen LogP) is -0.423. The van der Waals surface area contributed by atoms with Crippen LogP contribution in [0.1, 0.15) is 0 Å². The van der Waals surface area contributed by atoms with Crippen molar-refractivity contribution in [3.8, 4) is 0 Å². The molecule has 2 N–H and O–H groups in total. The van der Waals surface area contributed by atoms with Gasteiger partial charge in [-0.3, -0.25) is 0 Å². The van der Waals surface area contributed by atoms with Crippen molar-refractivity contribution in [2.24, 2.45) is 10.7 Å². The first-order valence-corrected chi connectivity index (χ1v) is 1.57. The van der Waals surface area contributed by atoms with Gasteiger partial charge in [0.2, 0.25) is 0 Å². The summed E-state index contributed by atoms with van der Waals surface area (Å²) in [5, 5.41) is 0. The van der Waals surface area contributed by atoms with Crippen molar-refractivity contribution in [2.75, 3.05) is 14.2 Å². The average molecular weight is 92.1 g/mol. The van der Waals surface area contributed by atoms with E-state index >= 15 is 0 Å². The quantitative estimate of drug-likeness (QED) is 0.191. The fourth-order valence-electron chi connectivity index (χ4n) is 0.0913. The van der Waals surface area contributed by atoms with Crippen molar-refractivity contribution in [2.45, 2.75) is 0 Å². The van der Waals surface area contributed by atoms with Crippen LogP contribution in [-0.4, -0.2) is 20.2 Å². The summed E-state index contributed by atoms with van der Waals surface area (Å²) < 4.78 is 4.43. The number of methoxy groups -OCH3 is 1. The van der Waals surface area contributed by atoms with Gasteiger partial charge in [-0.05, 0) is 0 Å². The van der Waals surface area contributed by atoms with E-state index in [2.05, 4.69) is 9.73 Å². The highest BCUT2D eigenvalue weighted by molar-refractivity contribution is 5.70. The van der Waals surface area contributed by atoms with Gasteiger partial charge in [-0.1, -0.05) is 0 Å². The molecular weight excluding hydrogens is 84.0 g/mol. The number of hydrogen-bond acceptors (Lipinski definition) is 2. The summed E-state index contributed by atoms with van der Waals surface area (Å²) in [6.45, 7) is 0. The van der Waals surface area contributed by atoms with E-state index < -0.39 is 0 Å². The molecule has 0 saturated carbocycles. The van der Waals surface area contributed by atoms with E-state index in [1.54, 1.807) is 7.05 Å². The molecule has 36 valence electrons. The lowest BCUT2D eigenvalue weighted by Gasteiger charge is -1.89. The summed E-state index contributed by atoms with van der Waals surface area (Å²) in [5.74, 6) is 0. The smallest absolute Gasteiger partial charge is 0.281 e. The largest absolute Gasteiger partial charge is 0.469 e. The maximum Gasteiger partial charge on any atom is 0.281 e. The molecule has 0 amide bonds. The van der Waals surface area contributed by atoms with Crippen LogP contribution >= 0.6 is 0 Å². The van der Waals surface area contributed by atoms with Crippen LogP contribution in [0.25, 0.3) is 0 Å². The molecular formula is C3H8N2O. The average Bonchev–Trinajstić information content (AvgIpc) is 1.65. The zero-order valence-corrected chi connectivity index (χ0v) is 3.93. The second-order valence-electron chi connectivity index (χ2n) is 0.766. The predicted molar refractivity (Wildman–Crippen MR) is 24.6 cm³/mol. The fraction of sp³-hybridized carbons (Fsp3) is 0.667. The van der Waals surface area contributed by atoms with Crippen molar-refractivity contribution >= 4 is 6.02 Å². The molecule has 6 heavy (non-hydrogen) atoms. The summed E-state index contributed by atoms with van der Waals surface area (Å²) in [5.41, 5.74) is 5.00. The highest BCUT2D eigenvalue weighted by atomic mass is 16.6. The van der Waals surface area contributed by atoms with E-state index in [4.69, 9.17) is 5.73 Å². The molecule has 0 aromatic rings. The molecule has 3 heteroatoms. The van der Waals surface area contributed by atoms with Crippen molar-refractivity contribution in [3.05, 3.63) is 0 Å². The van der Waals surface area contributed by atoms with Gasteiger partial charge in [-0.2, -0.15) is 0 Å². The lowest BCUT2D eigenvalue weighted by Crippen LogP contribution is -2.12. The van der Waals surface area contributed by atoms with Crippen LogP contribution in [0, 0.1) is 0 Å². The van der Waals surface area contributed by atoms with Gasteiger partial charge in [0, 0.05) is 7.05 Å². The molecule has 0 atom stereocenters. The molecule has 0 fully saturated rings. The van der Waals surface area contributed by atoms with Crippen molar-refractivity contribution in [1.82, 2.24) is 0 Å². The second-order valence-corrected chi connectivity index (χ2v) is 0.766. The Morgan fingerprint density at radius 1 is 1.83 bits per heavy atom. The first kappa shape index (κ1) is 5.27. The van der Waals surface area contributed by atoms with E-state index in [-0.39, 0.29) is 6.02 Å². The summed E-state index contributed by atoms with van der Waals surface area (Å²) in [7, 11) is 3.04. The van der Waals surface area contributed by atoms with Crippen LogP contribution < -0.4 is 5.73 Å². The van der Waals surface area contributed by atoms with Crippen molar-refractivity contribution < 1.29 is 4.74 Å². The molecule has 0 aliphatic heterocycles. The van der Waals surface area contributed by atoms with E-state index in [1.165, 1.54) is 7.11 Å². The Hall–Kier alpha value is -0.730. The third-order valence-electron chi connectivity index (χ3n) is 0.430. The second kappa shape index (κ2) is 2.50. The number of nitrogens with two attached hydrogens (primary N) is 1. The molecule has 0 aromatic carbocycles. The Morgan fingerprint density at radius 3 is 2.33 bits per heavy atom. The third-order valence-corrected chi connectivity index (χ3v) is 0.430. The number of nitrogens with zero attached hydrogens (tertiary/aromatic N) is 1. The van der Waals surface area contributed by atoms with Crippen LogP contribution in [0.5, 0.6) is 0 Å². The van der Waals surface area contributed by atoms with Gasteiger partial charge >= 0.3 is 0 Å². The highest BCUT2D eigenvalue weighted by Crippen LogP contribution is 1.60. The Bertz CT molecular complexity index is 59.8. The molecule has 0 spiro atoms. The number of aliphatic imine (C=N–C) groups is 1. The Balaban J connectivity index is 3.22. The molecule has 0 radical (unpaired) electrons. The van der Waals surface area contributed by atoms with Crippen molar-refractivity contribution in [1.29, 1.82) is 0 Å². The number of amidine groups is 1. The summed E-state index contributed by atoms with van der Waals surface area (Å²) in [4.78, 5) is 3.48. The van der Waals surface area contributed by atoms with Gasteiger partial charge in [0.25, 0.3) is 6.02 Å². The molecule has 0 aliphatic rings. The molecule has 0 rings (SSSR count). The van der Waals surface area contributed by atoms with E-state index in [0.29, 0.717) is 0 Å². The summed E-state index contributed by atoms with van der Waals surface area (Å²) in [6, 6.07) is 0.218. The van der Waals surface area contributed by atoms with Gasteiger partial charge in [-0.15, -0.1) is 0 Å². The molecule has 0 aromatic heterocycles. The fourth-order valence-corrected chi connectivity index (χ4v) is 0.0913. The molecule has 0 heterocycles. The Morgan fingerprint density at radius 2 is 2.33 bits per heavy atom. The molecule has 0 aliphatic carbocycles. The normalized spacial score (nSPS) is 11.3. The SMILES string of the molecule is CO[13C]([15NH2])=[15N][13CH3]. The number of ether oxygens (including phenoxy) is 1. The van der Waals surface area contributed by atoms with Gasteiger partial charge in [-0.25, -0.2) is 4.99 Å². The maximum atomic E-state index is 5.00. The van der Waals surface area contributed by atoms with Crippen LogP contribution in [-0.2, 0) is 4.74 Å². The molecule has 3 nitrogen and oxygen atoms in total. The van der Waals surface area contributed by atoms with Crippen LogP contribution in [0.4, 0.5) is 0 Å². The molecule has 0 saturated heterocycles. The lowest BCUT2D eigenvalue weighted by atomic mass is 11.7. The Kier molecular flexibility index (Phi) is 2.20. The minimum absolute atomic E-state index is 0.218. The zero-order valence-electron chi connectivity index (χ0n) is 3.93. The minimum Gasteiger partial charge on any atom is -0.469 e. The van der Waals surface area contributed by atoms with Crippen LogP contribution in [0.2, 0.25) is 0 Å². The van der Waals surface area contributed by atoms with Gasteiger partial charge in [0.1, 0.15) is 0 Å². The van der Waals surface area contributed by atoms with Crippen LogP contribution in [0.15, 0.2) is 4.99 Å². The van der Waals surface area contributed by atoms with E-state index in [0.717, 1.165) is 0 Å². The van der Waals surface area contributed by atoms with Crippen LogP contribution in [0.3, 0.4) is 0 Å². The first-order valence-electron chi connectivity index (χ1n) is 1.57. The first-order chi connectivity index (χ1) is 2.81. The summed E-state index contributed by atoms with van der Waals surface area (Å²) in [6.07, 6.45) is 0. The standard InChI is InChI=1S/C3H8N2O/c1-5-3(4)6-2/h1-2H3,(H2,4,5)/i1+1,3+1,4+1,5+1. The molecule has 0 unspecified atom stereocenters. The maximum absolute atomic E-state index is 5.00. The lowest BCUT2D eigenvalue weighted by molar-refractivity contribution is 0.396. The highest BCUT2D eigenvalue weighted by Gasteiger charge is 1.74. The van der Waals surface area contributed by atoms with Gasteiger partial charge in [0.05, 0.1) is 7.11 Å². The zero-order chi connectivity index (χ0) is 4.99. The van der Waals surface area contributed by atoms with Crippen molar-refractivity contribution in [3.63, 3.8) is 0 Å². The summed E-state index contributed by atoms with van der Waals surface area (Å²) >= 11 is 0. The van der Waals surface area contributed by atoms with Gasteiger partial charge in [0.15, 0.2) is 0 Å². The van der Waals surface area contributed by atoms with E-state index in [9.17, 15) is 0 Å². The van der Waals surface area contributed by atoms with E-state index in [1.807, 2.05) is 0 Å². The van der Waals surface area contributed by atoms with Gasteiger partial charge < -0.3 is 10.5 Å². The molecule has 0 bridgehead atoms. The Labute approximate surface area is 36.8 Å². The number of hydrogen-bond donors (Lipinski definition) is 1. The number of rotatable bonds is 0. The monoisotopic (exact) mass is 92.1 g/mol. The topological polar surface area (TPSA) is 47.6 Å². The third kappa shape index (κ3) is 1.58. The minimum atomic E-state index is 0.218.